The van der Waals surface area contributed by atoms with Crippen LogP contribution in [0.3, 0.4) is 0 Å². The molecule has 4 rings (SSSR count). The van der Waals surface area contributed by atoms with Crippen molar-refractivity contribution in [3.05, 3.63) is 29.8 Å². The van der Waals surface area contributed by atoms with Crippen molar-refractivity contribution in [3.63, 3.8) is 0 Å². The first kappa shape index (κ1) is 15.4. The molecule has 0 spiro atoms. The van der Waals surface area contributed by atoms with Crippen molar-refractivity contribution in [1.82, 2.24) is 9.80 Å². The minimum absolute atomic E-state index is 0.142. The molecule has 3 fully saturated rings. The van der Waals surface area contributed by atoms with E-state index in [9.17, 15) is 18.4 Å². The number of carbonyl (C=O) groups is 2. The molecule has 3 saturated heterocycles. The van der Waals surface area contributed by atoms with Crippen molar-refractivity contribution >= 4 is 17.6 Å². The van der Waals surface area contributed by atoms with Crippen LogP contribution in [0.2, 0.25) is 0 Å². The van der Waals surface area contributed by atoms with E-state index in [0.29, 0.717) is 38.2 Å². The Hall–Kier alpha value is -2.18. The zero-order valence-corrected chi connectivity index (χ0v) is 13.5. The van der Waals surface area contributed by atoms with Crippen LogP contribution in [-0.4, -0.2) is 53.0 Å². The number of anilines is 1. The van der Waals surface area contributed by atoms with Crippen LogP contribution in [0.4, 0.5) is 19.3 Å². The van der Waals surface area contributed by atoms with Crippen molar-refractivity contribution in [1.29, 1.82) is 0 Å². The summed E-state index contributed by atoms with van der Waals surface area (Å²) >= 11 is 0. The van der Waals surface area contributed by atoms with Gasteiger partial charge in [0.25, 0.3) is 5.91 Å². The van der Waals surface area contributed by atoms with Gasteiger partial charge in [0.1, 0.15) is 17.2 Å². The molecule has 0 N–H and O–H groups in total. The summed E-state index contributed by atoms with van der Waals surface area (Å²) in [6.07, 6.45) is 2.13. The fourth-order valence-corrected chi connectivity index (χ4v) is 4.20. The van der Waals surface area contributed by atoms with Crippen LogP contribution in [0, 0.1) is 11.6 Å². The molecule has 3 amide bonds. The molecule has 7 heteroatoms. The molecule has 0 aromatic heterocycles. The van der Waals surface area contributed by atoms with Gasteiger partial charge in [0.2, 0.25) is 0 Å². The predicted molar refractivity (Wildman–Crippen MR) is 83.6 cm³/mol. The van der Waals surface area contributed by atoms with Crippen molar-refractivity contribution in [2.75, 3.05) is 24.5 Å². The van der Waals surface area contributed by atoms with Crippen molar-refractivity contribution < 1.29 is 18.4 Å². The van der Waals surface area contributed by atoms with Gasteiger partial charge in [-0.15, -0.1) is 0 Å². The molecule has 5 nitrogen and oxygen atoms in total. The molecule has 0 aliphatic carbocycles. The normalized spacial score (nSPS) is 29.8. The number of halogens is 2. The number of rotatable bonds is 2. The molecule has 24 heavy (non-hydrogen) atoms. The summed E-state index contributed by atoms with van der Waals surface area (Å²) in [5.41, 5.74) is -0.407. The Morgan fingerprint density at radius 2 is 2.00 bits per heavy atom. The third-order valence-electron chi connectivity index (χ3n) is 5.54. The first-order valence-electron chi connectivity index (χ1n) is 8.27. The molecule has 0 radical (unpaired) electrons. The third-order valence-corrected chi connectivity index (χ3v) is 5.54. The fraction of sp³-hybridized carbons (Fsp3) is 0.529. The zero-order valence-electron chi connectivity index (χ0n) is 13.5. The lowest BCUT2D eigenvalue weighted by Gasteiger charge is -2.24. The van der Waals surface area contributed by atoms with E-state index >= 15 is 0 Å². The minimum atomic E-state index is -0.717. The summed E-state index contributed by atoms with van der Waals surface area (Å²) in [6, 6.07) is 2.98. The number of urea groups is 1. The Balaban J connectivity index is 1.55. The number of imide groups is 1. The molecule has 1 aromatic carbocycles. The maximum Gasteiger partial charge on any atom is 0.327 e. The SMILES string of the molecule is CC12CCCN1C(=O)N(C1CCN(c3ccc(F)cc3F)C1)C2=O. The van der Waals surface area contributed by atoms with Gasteiger partial charge in [-0.05, 0) is 38.3 Å². The Morgan fingerprint density at radius 1 is 1.21 bits per heavy atom. The number of hydrogen-bond donors (Lipinski definition) is 0. The van der Waals surface area contributed by atoms with Gasteiger partial charge in [-0.1, -0.05) is 0 Å². The maximum absolute atomic E-state index is 14.0. The standard InChI is InChI=1S/C17H19F2N3O2/c1-17-6-2-7-21(17)16(24)22(15(17)23)12-5-8-20(10-12)14-4-3-11(18)9-13(14)19/h3-4,9,12H,2,5-8,10H2,1H3. The van der Waals surface area contributed by atoms with Crippen LogP contribution in [0.5, 0.6) is 0 Å². The highest BCUT2D eigenvalue weighted by molar-refractivity contribution is 6.07. The van der Waals surface area contributed by atoms with Crippen molar-refractivity contribution in [3.8, 4) is 0 Å². The summed E-state index contributed by atoms with van der Waals surface area (Å²) in [5.74, 6) is -1.39. The lowest BCUT2D eigenvalue weighted by Crippen LogP contribution is -2.45. The van der Waals surface area contributed by atoms with E-state index < -0.39 is 17.2 Å². The summed E-state index contributed by atoms with van der Waals surface area (Å²) in [5, 5.41) is 0. The Bertz CT molecular complexity index is 726. The number of carbonyl (C=O) groups excluding carboxylic acids is 2. The second kappa shape index (κ2) is 5.16. The number of amides is 3. The average Bonchev–Trinajstić information content (AvgIpc) is 3.18. The summed E-state index contributed by atoms with van der Waals surface area (Å²) in [4.78, 5) is 30.2. The van der Waals surface area contributed by atoms with E-state index in [4.69, 9.17) is 0 Å². The Morgan fingerprint density at radius 3 is 2.71 bits per heavy atom. The molecule has 0 bridgehead atoms. The van der Waals surface area contributed by atoms with Gasteiger partial charge in [-0.3, -0.25) is 9.69 Å². The van der Waals surface area contributed by atoms with Gasteiger partial charge < -0.3 is 9.80 Å². The highest BCUT2D eigenvalue weighted by Gasteiger charge is 2.58. The second-order valence-corrected chi connectivity index (χ2v) is 6.97. The van der Waals surface area contributed by atoms with Crippen LogP contribution >= 0.6 is 0 Å². The van der Waals surface area contributed by atoms with Crippen molar-refractivity contribution in [2.45, 2.75) is 37.8 Å². The fourth-order valence-electron chi connectivity index (χ4n) is 4.20. The molecule has 128 valence electrons. The molecule has 1 aromatic rings. The van der Waals surface area contributed by atoms with E-state index in [1.807, 2.05) is 6.92 Å². The van der Waals surface area contributed by atoms with E-state index in [0.717, 1.165) is 12.5 Å². The summed E-state index contributed by atoms with van der Waals surface area (Å²) in [6.45, 7) is 3.35. The van der Waals surface area contributed by atoms with Crippen LogP contribution in [0.25, 0.3) is 0 Å². The van der Waals surface area contributed by atoms with Crippen molar-refractivity contribution in [2.24, 2.45) is 0 Å². The number of benzene rings is 1. The average molecular weight is 335 g/mol. The van der Waals surface area contributed by atoms with Gasteiger partial charge in [0.15, 0.2) is 0 Å². The molecule has 2 atom stereocenters. The molecule has 3 aliphatic rings. The van der Waals surface area contributed by atoms with Gasteiger partial charge in [-0.2, -0.15) is 0 Å². The van der Waals surface area contributed by atoms with Crippen LogP contribution < -0.4 is 4.90 Å². The summed E-state index contributed by atoms with van der Waals surface area (Å²) in [7, 11) is 0. The third kappa shape index (κ3) is 2.03. The van der Waals surface area contributed by atoms with E-state index in [1.54, 1.807) is 9.80 Å². The Kier molecular flexibility index (Phi) is 3.30. The minimum Gasteiger partial charge on any atom is -0.367 e. The maximum atomic E-state index is 14.0. The first-order chi connectivity index (χ1) is 11.4. The smallest absolute Gasteiger partial charge is 0.327 e. The zero-order chi connectivity index (χ0) is 17.1. The van der Waals surface area contributed by atoms with E-state index in [1.165, 1.54) is 17.0 Å². The molecular weight excluding hydrogens is 316 g/mol. The quantitative estimate of drug-likeness (QED) is 0.780. The lowest BCUT2D eigenvalue weighted by atomic mass is 9.99. The van der Waals surface area contributed by atoms with E-state index in [-0.39, 0.29) is 18.0 Å². The number of fused-ring (bicyclic) bond motifs is 1. The monoisotopic (exact) mass is 335 g/mol. The number of hydrogen-bond acceptors (Lipinski definition) is 3. The largest absolute Gasteiger partial charge is 0.367 e. The predicted octanol–water partition coefficient (Wildman–Crippen LogP) is 2.36. The lowest BCUT2D eigenvalue weighted by molar-refractivity contribution is -0.133. The van der Waals surface area contributed by atoms with Crippen LogP contribution in [0.15, 0.2) is 18.2 Å². The number of nitrogens with zero attached hydrogens (tertiary/aromatic N) is 3. The molecular formula is C17H19F2N3O2. The van der Waals surface area contributed by atoms with Gasteiger partial charge in [0, 0.05) is 25.7 Å². The molecule has 3 heterocycles. The Labute approximate surface area is 138 Å². The van der Waals surface area contributed by atoms with Gasteiger partial charge >= 0.3 is 6.03 Å². The van der Waals surface area contributed by atoms with Crippen LogP contribution in [-0.2, 0) is 4.79 Å². The summed E-state index contributed by atoms with van der Waals surface area (Å²) < 4.78 is 27.0. The topological polar surface area (TPSA) is 43.9 Å². The van der Waals surface area contributed by atoms with Gasteiger partial charge in [-0.25, -0.2) is 13.6 Å². The van der Waals surface area contributed by atoms with Gasteiger partial charge in [0.05, 0.1) is 11.7 Å². The van der Waals surface area contributed by atoms with Crippen LogP contribution in [0.1, 0.15) is 26.2 Å². The molecule has 3 aliphatic heterocycles. The highest BCUT2D eigenvalue weighted by Crippen LogP contribution is 2.39. The molecule has 2 unspecified atom stereocenters. The first-order valence-corrected chi connectivity index (χ1v) is 8.27. The highest BCUT2D eigenvalue weighted by atomic mass is 19.1. The second-order valence-electron chi connectivity index (χ2n) is 6.97. The molecule has 0 saturated carbocycles. The van der Waals surface area contributed by atoms with E-state index in [2.05, 4.69) is 0 Å².